The van der Waals surface area contributed by atoms with Gasteiger partial charge in [0.05, 0.1) is 6.10 Å². The van der Waals surface area contributed by atoms with E-state index in [1.165, 1.54) is 63.4 Å². The largest absolute Gasteiger partial charge is 0.393 e. The highest BCUT2D eigenvalue weighted by Gasteiger charge is 2.63. The molecule has 5 rings (SSSR count). The van der Waals surface area contributed by atoms with Gasteiger partial charge in [-0.05, 0) is 117 Å². The Bertz CT molecular complexity index is 1430. The number of nitrogens with zero attached hydrogens (tertiary/aromatic N) is 3. The Morgan fingerprint density at radius 3 is 2.28 bits per heavy atom. The van der Waals surface area contributed by atoms with Crippen molar-refractivity contribution in [1.29, 1.82) is 0 Å². The molecule has 9 nitrogen and oxygen atoms in total. The number of amides is 1. The smallest absolute Gasteiger partial charge is 0.302 e. The van der Waals surface area contributed by atoms with Crippen LogP contribution in [-0.4, -0.2) is 33.0 Å². The summed E-state index contributed by atoms with van der Waals surface area (Å²) < 4.78 is 0. The third kappa shape index (κ3) is 7.04. The van der Waals surface area contributed by atoms with Crippen molar-refractivity contribution in [2.75, 3.05) is 11.5 Å². The Kier molecular flexibility index (Phi) is 11.8. The summed E-state index contributed by atoms with van der Waals surface area (Å²) in [5.41, 5.74) is 26.9. The maximum Gasteiger partial charge on any atom is 0.302 e. The Labute approximate surface area is 293 Å². The van der Waals surface area contributed by atoms with Gasteiger partial charge in [-0.2, -0.15) is 4.99 Å². The number of aliphatic hydroxyl groups is 1. The van der Waals surface area contributed by atoms with Crippen LogP contribution in [0.4, 0.5) is 11.6 Å². The number of hydrogen-bond acceptors (Lipinski definition) is 6. The van der Waals surface area contributed by atoms with E-state index in [1.54, 1.807) is 0 Å². The third-order valence-corrected chi connectivity index (χ3v) is 13.3. The van der Waals surface area contributed by atoms with Gasteiger partial charge < -0.3 is 28.0 Å². The van der Waals surface area contributed by atoms with Gasteiger partial charge in [0.15, 0.2) is 28.4 Å². The second kappa shape index (κ2) is 14.2. The molecule has 2 fully saturated rings. The summed E-state index contributed by atoms with van der Waals surface area (Å²) in [5, 5.41) is 10.7. The van der Waals surface area contributed by atoms with E-state index < -0.39 is 11.9 Å². The number of carbonyl (C=O) groups excluding carboxylic acids is 1. The first-order valence-corrected chi connectivity index (χ1v) is 17.4. The molecule has 4 aliphatic carbocycles. The number of nitrogens with two attached hydrogens (primary N) is 4. The molecule has 1 aromatic rings. The highest BCUT2D eigenvalue weighted by molar-refractivity contribution is 6.31. The predicted molar refractivity (Wildman–Crippen MR) is 196 cm³/mol. The molecule has 0 aliphatic heterocycles. The van der Waals surface area contributed by atoms with Gasteiger partial charge in [-0.25, -0.2) is 9.97 Å². The van der Waals surface area contributed by atoms with Crippen molar-refractivity contribution in [1.82, 2.24) is 9.97 Å². The van der Waals surface area contributed by atoms with Crippen LogP contribution in [0.1, 0.15) is 130 Å². The molecular formula is C36H59Cl2N7O2. The second-order valence-corrected chi connectivity index (χ2v) is 16.4. The number of aromatic nitrogens is 2. The van der Waals surface area contributed by atoms with E-state index in [2.05, 4.69) is 76.4 Å². The lowest BCUT2D eigenvalue weighted by Crippen LogP contribution is -2.55. The van der Waals surface area contributed by atoms with Crippen molar-refractivity contribution in [3.05, 3.63) is 33.6 Å². The summed E-state index contributed by atoms with van der Waals surface area (Å²) in [4.78, 5) is 21.7. The quantitative estimate of drug-likeness (QED) is 0.119. The average molecular weight is 693 g/mol. The number of rotatable bonds is 5. The number of aliphatic imine (C=N–C) groups is 1. The number of allylic oxidation sites excluding steroid dienone is 4. The summed E-state index contributed by atoms with van der Waals surface area (Å²) in [6.07, 6.45) is 15.2. The summed E-state index contributed by atoms with van der Waals surface area (Å²) in [7, 11) is 0. The number of halogens is 2. The molecule has 0 bridgehead atoms. The van der Waals surface area contributed by atoms with Crippen LogP contribution in [0.2, 0.25) is 5.15 Å². The molecule has 7 unspecified atom stereocenters. The summed E-state index contributed by atoms with van der Waals surface area (Å²) in [6, 6.07) is 0. The predicted octanol–water partition coefficient (Wildman–Crippen LogP) is 7.61. The summed E-state index contributed by atoms with van der Waals surface area (Å²) in [5.74, 6) is 0.821. The number of aliphatic hydroxyl groups excluding tert-OH is 1. The number of hydrogen-bond donors (Lipinski definition) is 5. The van der Waals surface area contributed by atoms with Gasteiger partial charge in [0.25, 0.3) is 0 Å². The van der Waals surface area contributed by atoms with Crippen LogP contribution in [0.25, 0.3) is 0 Å². The lowest BCUT2D eigenvalue weighted by Gasteiger charge is -2.62. The molecule has 1 aromatic heterocycles. The minimum Gasteiger partial charge on any atom is -0.393 e. The topological polar surface area (TPSA) is 180 Å². The standard InChI is InChI=1S/C30H50O.C6H8ClN7O.ClH/c1-20(2)10-9-11-21(3)22-14-18-30(8)24-12-13-25-27(4,5)26(31)16-17-28(25,6)23(24)15-19-29(22,30)7;7-2-4(9)13-3(8)1(12-2)5(15)14-6(10)11;/h10,21-22,25-26,31H,9,11-19H2,1-8H3;(H4,8,9,13)(H4,10,11,14,15);1H. The fourth-order valence-electron chi connectivity index (χ4n) is 10.2. The molecule has 0 aromatic carbocycles. The van der Waals surface area contributed by atoms with Gasteiger partial charge in [-0.1, -0.05) is 75.9 Å². The van der Waals surface area contributed by atoms with Gasteiger partial charge in [0.1, 0.15) is 0 Å². The number of nitrogen functional groups attached to an aromatic ring is 2. The monoisotopic (exact) mass is 691 g/mol. The van der Waals surface area contributed by atoms with Gasteiger partial charge >= 0.3 is 5.91 Å². The Hall–Kier alpha value is -2.36. The maximum atomic E-state index is 11.3. The molecule has 0 spiro atoms. The van der Waals surface area contributed by atoms with Crippen LogP contribution in [-0.2, 0) is 0 Å². The van der Waals surface area contributed by atoms with Gasteiger partial charge in [-0.15, -0.1) is 12.4 Å². The molecule has 264 valence electrons. The lowest BCUT2D eigenvalue weighted by molar-refractivity contribution is -0.0962. The number of fused-ring (bicyclic) bond motifs is 4. The maximum absolute atomic E-state index is 11.3. The second-order valence-electron chi connectivity index (χ2n) is 16.0. The van der Waals surface area contributed by atoms with Crippen molar-refractivity contribution in [2.45, 2.75) is 126 Å². The minimum atomic E-state index is -0.832. The highest BCUT2D eigenvalue weighted by Crippen LogP contribution is 2.72. The van der Waals surface area contributed by atoms with E-state index in [0.29, 0.717) is 22.2 Å². The van der Waals surface area contributed by atoms with Crippen LogP contribution in [0.3, 0.4) is 0 Å². The van der Waals surface area contributed by atoms with Crippen LogP contribution >= 0.6 is 24.0 Å². The van der Waals surface area contributed by atoms with Gasteiger partial charge in [0.2, 0.25) is 0 Å². The third-order valence-electron chi connectivity index (χ3n) is 13.0. The normalized spacial score (nSPS) is 32.7. The molecule has 0 saturated heterocycles. The fourth-order valence-corrected chi connectivity index (χ4v) is 10.4. The molecule has 7 atom stereocenters. The van der Waals surface area contributed by atoms with Crippen molar-refractivity contribution in [3.8, 4) is 0 Å². The minimum absolute atomic E-state index is 0. The molecule has 2 saturated carbocycles. The zero-order valence-corrected chi connectivity index (χ0v) is 31.3. The van der Waals surface area contributed by atoms with E-state index in [9.17, 15) is 9.90 Å². The van der Waals surface area contributed by atoms with Gasteiger partial charge in [-0.3, -0.25) is 4.79 Å². The summed E-state index contributed by atoms with van der Waals surface area (Å²) >= 11 is 5.55. The molecule has 1 heterocycles. The first-order chi connectivity index (χ1) is 21.3. The van der Waals surface area contributed by atoms with Crippen molar-refractivity contribution in [2.24, 2.45) is 55.9 Å². The first kappa shape index (κ1) is 39.1. The van der Waals surface area contributed by atoms with E-state index in [0.717, 1.165) is 18.3 Å². The zero-order chi connectivity index (χ0) is 34.4. The molecule has 47 heavy (non-hydrogen) atoms. The average Bonchev–Trinajstić information content (AvgIpc) is 3.24. The SMILES string of the molecule is CC(C)=CCCC(C)C1CCC2(C)C3=C(CCC12C)C1(C)CCC(O)C(C)(C)C1CC3.Cl.NC(N)=NC(=O)c1nc(Cl)c(N)nc1N. The zero-order valence-electron chi connectivity index (χ0n) is 29.8. The molecular weight excluding hydrogens is 633 g/mol. The van der Waals surface area contributed by atoms with E-state index in [4.69, 9.17) is 34.5 Å². The molecule has 0 radical (unpaired) electrons. The number of anilines is 2. The fraction of sp³-hybridized carbons (Fsp3) is 0.722. The van der Waals surface area contributed by atoms with Crippen molar-refractivity contribution >= 4 is 47.5 Å². The van der Waals surface area contributed by atoms with E-state index in [-0.39, 0.29) is 46.4 Å². The Morgan fingerprint density at radius 2 is 1.66 bits per heavy atom. The van der Waals surface area contributed by atoms with E-state index >= 15 is 0 Å². The van der Waals surface area contributed by atoms with Crippen LogP contribution in [0.15, 0.2) is 27.8 Å². The number of guanidine groups is 1. The number of carbonyl (C=O) groups is 1. The van der Waals surface area contributed by atoms with Crippen molar-refractivity contribution in [3.63, 3.8) is 0 Å². The van der Waals surface area contributed by atoms with Crippen LogP contribution < -0.4 is 22.9 Å². The van der Waals surface area contributed by atoms with Gasteiger partial charge in [0, 0.05) is 0 Å². The van der Waals surface area contributed by atoms with E-state index in [1.807, 2.05) is 11.1 Å². The highest BCUT2D eigenvalue weighted by atomic mass is 35.5. The molecule has 11 heteroatoms. The summed E-state index contributed by atoms with van der Waals surface area (Å²) in [6.45, 7) is 19.6. The molecule has 4 aliphatic rings. The Balaban J connectivity index is 0.000000318. The lowest BCUT2D eigenvalue weighted by atomic mass is 9.43. The molecule has 1 amide bonds. The molecule has 9 N–H and O–H groups in total. The van der Waals surface area contributed by atoms with Crippen molar-refractivity contribution < 1.29 is 9.90 Å². The van der Waals surface area contributed by atoms with Crippen LogP contribution in [0.5, 0.6) is 0 Å². The Morgan fingerprint density at radius 1 is 1.00 bits per heavy atom. The van der Waals surface area contributed by atoms with Crippen LogP contribution in [0, 0.1) is 39.4 Å². The first-order valence-electron chi connectivity index (χ1n) is 17.1.